The molecule has 1 aromatic heterocycles. The summed E-state index contributed by atoms with van der Waals surface area (Å²) in [5.41, 5.74) is 8.66. The molecule has 27 heavy (non-hydrogen) atoms. The standard InChI is InChI=1S/C20H15BrCl2N2O2/c1-11-8-13(24)10-16(21)20(11)25-19(26)7-4-14-3-6-18(27-14)15-5-2-12(22)9-17(15)23/h2-10H,24H2,1H3,(H,25,26)/b7-4+. The summed E-state index contributed by atoms with van der Waals surface area (Å²) in [6, 6.07) is 12.2. The summed E-state index contributed by atoms with van der Waals surface area (Å²) >= 11 is 15.5. The molecule has 0 saturated carbocycles. The molecule has 0 spiro atoms. The van der Waals surface area contributed by atoms with Crippen molar-refractivity contribution in [2.24, 2.45) is 0 Å². The molecule has 0 saturated heterocycles. The molecule has 1 amide bonds. The highest BCUT2D eigenvalue weighted by Crippen LogP contribution is 2.32. The molecule has 0 atom stereocenters. The Morgan fingerprint density at radius 1 is 1.19 bits per heavy atom. The fraction of sp³-hybridized carbons (Fsp3) is 0.0500. The fourth-order valence-corrected chi connectivity index (χ4v) is 3.71. The topological polar surface area (TPSA) is 68.3 Å². The molecule has 4 nitrogen and oxygen atoms in total. The lowest BCUT2D eigenvalue weighted by molar-refractivity contribution is -0.111. The highest BCUT2D eigenvalue weighted by atomic mass is 79.9. The number of carbonyl (C=O) groups is 1. The molecule has 0 unspecified atom stereocenters. The average Bonchev–Trinajstić information content (AvgIpc) is 3.05. The summed E-state index contributed by atoms with van der Waals surface area (Å²) in [5.74, 6) is 0.833. The maximum atomic E-state index is 12.2. The molecule has 7 heteroatoms. The van der Waals surface area contributed by atoms with Crippen LogP contribution in [0.4, 0.5) is 11.4 Å². The first kappa shape index (κ1) is 19.5. The number of nitrogens with two attached hydrogens (primary N) is 1. The Kier molecular flexibility index (Phi) is 5.95. The van der Waals surface area contributed by atoms with Gasteiger partial charge in [-0.15, -0.1) is 0 Å². The molecule has 1 heterocycles. The summed E-state index contributed by atoms with van der Waals surface area (Å²) in [6.07, 6.45) is 2.98. The van der Waals surface area contributed by atoms with Crippen LogP contribution in [0.2, 0.25) is 10.0 Å². The molecule has 0 bridgehead atoms. The van der Waals surface area contributed by atoms with E-state index in [0.29, 0.717) is 32.9 Å². The van der Waals surface area contributed by atoms with Gasteiger partial charge in [-0.25, -0.2) is 0 Å². The van der Waals surface area contributed by atoms with Crippen LogP contribution >= 0.6 is 39.1 Å². The molecule has 0 radical (unpaired) electrons. The van der Waals surface area contributed by atoms with E-state index in [9.17, 15) is 4.79 Å². The van der Waals surface area contributed by atoms with Gasteiger partial charge >= 0.3 is 0 Å². The maximum Gasteiger partial charge on any atom is 0.248 e. The average molecular weight is 466 g/mol. The molecule has 2 aromatic carbocycles. The second kappa shape index (κ2) is 8.21. The van der Waals surface area contributed by atoms with E-state index < -0.39 is 0 Å². The molecule has 0 aliphatic carbocycles. The third-order valence-electron chi connectivity index (χ3n) is 3.78. The van der Waals surface area contributed by atoms with E-state index in [0.717, 1.165) is 15.6 Å². The van der Waals surface area contributed by atoms with Crippen LogP contribution in [-0.2, 0) is 4.79 Å². The van der Waals surface area contributed by atoms with Crippen LogP contribution in [0.3, 0.4) is 0 Å². The van der Waals surface area contributed by atoms with Crippen molar-refractivity contribution in [1.82, 2.24) is 0 Å². The van der Waals surface area contributed by atoms with Crippen LogP contribution in [0, 0.1) is 6.92 Å². The number of hydrogen-bond donors (Lipinski definition) is 2. The summed E-state index contributed by atoms with van der Waals surface area (Å²) in [6.45, 7) is 1.87. The number of carbonyl (C=O) groups excluding carboxylic acids is 1. The van der Waals surface area contributed by atoms with E-state index in [-0.39, 0.29) is 5.91 Å². The van der Waals surface area contributed by atoms with E-state index in [1.807, 2.05) is 6.92 Å². The van der Waals surface area contributed by atoms with Gasteiger partial charge in [-0.1, -0.05) is 23.2 Å². The Bertz CT molecular complexity index is 1020. The third-order valence-corrected chi connectivity index (χ3v) is 4.95. The zero-order valence-corrected chi connectivity index (χ0v) is 17.3. The Hall–Kier alpha value is -2.21. The van der Waals surface area contributed by atoms with Crippen LogP contribution in [-0.4, -0.2) is 5.91 Å². The van der Waals surface area contributed by atoms with Gasteiger partial charge in [0.25, 0.3) is 0 Å². The molecule has 3 rings (SSSR count). The van der Waals surface area contributed by atoms with Gasteiger partial charge in [-0.3, -0.25) is 4.79 Å². The Balaban J connectivity index is 1.73. The zero-order valence-electron chi connectivity index (χ0n) is 14.2. The molecule has 3 aromatic rings. The minimum atomic E-state index is -0.286. The van der Waals surface area contributed by atoms with Gasteiger partial charge in [0, 0.05) is 26.8 Å². The number of aryl methyl sites for hydroxylation is 1. The van der Waals surface area contributed by atoms with Gasteiger partial charge in [0.1, 0.15) is 11.5 Å². The van der Waals surface area contributed by atoms with Gasteiger partial charge in [0.05, 0.1) is 10.7 Å². The van der Waals surface area contributed by atoms with Crippen molar-refractivity contribution < 1.29 is 9.21 Å². The predicted octanol–water partition coefficient (Wildman–Crippen LogP) is 6.56. The minimum Gasteiger partial charge on any atom is -0.457 e. The Morgan fingerprint density at radius 3 is 2.67 bits per heavy atom. The lowest BCUT2D eigenvalue weighted by Gasteiger charge is -2.10. The number of halogens is 3. The number of anilines is 2. The van der Waals surface area contributed by atoms with Crippen LogP contribution < -0.4 is 11.1 Å². The van der Waals surface area contributed by atoms with E-state index in [1.165, 1.54) is 6.08 Å². The number of furan rings is 1. The maximum absolute atomic E-state index is 12.2. The first-order chi connectivity index (χ1) is 12.8. The van der Waals surface area contributed by atoms with Crippen molar-refractivity contribution in [3.63, 3.8) is 0 Å². The van der Waals surface area contributed by atoms with E-state index >= 15 is 0 Å². The second-order valence-corrected chi connectivity index (χ2v) is 7.54. The van der Waals surface area contributed by atoms with Crippen molar-refractivity contribution in [3.8, 4) is 11.3 Å². The number of nitrogen functional groups attached to an aromatic ring is 1. The second-order valence-electron chi connectivity index (χ2n) is 5.84. The van der Waals surface area contributed by atoms with E-state index in [1.54, 1.807) is 48.5 Å². The van der Waals surface area contributed by atoms with Gasteiger partial charge in [0.15, 0.2) is 0 Å². The van der Waals surface area contributed by atoms with Crippen molar-refractivity contribution >= 4 is 62.5 Å². The molecular weight excluding hydrogens is 451 g/mol. The highest BCUT2D eigenvalue weighted by molar-refractivity contribution is 9.10. The third kappa shape index (κ3) is 4.75. The number of hydrogen-bond acceptors (Lipinski definition) is 3. The fourth-order valence-electron chi connectivity index (χ4n) is 2.53. The van der Waals surface area contributed by atoms with Crippen molar-refractivity contribution in [2.45, 2.75) is 6.92 Å². The number of nitrogens with one attached hydrogen (secondary N) is 1. The van der Waals surface area contributed by atoms with Gasteiger partial charge < -0.3 is 15.5 Å². The number of amides is 1. The van der Waals surface area contributed by atoms with E-state index in [4.69, 9.17) is 33.4 Å². The molecule has 138 valence electrons. The molecule has 0 fully saturated rings. The summed E-state index contributed by atoms with van der Waals surface area (Å²) < 4.78 is 6.46. The molecular formula is C20H15BrCl2N2O2. The lowest BCUT2D eigenvalue weighted by atomic mass is 10.2. The summed E-state index contributed by atoms with van der Waals surface area (Å²) in [7, 11) is 0. The first-order valence-corrected chi connectivity index (χ1v) is 9.48. The quantitative estimate of drug-likeness (QED) is 0.338. The number of benzene rings is 2. The SMILES string of the molecule is Cc1cc(N)cc(Br)c1NC(=O)/C=C/c1ccc(-c2ccc(Cl)cc2Cl)o1. The van der Waals surface area contributed by atoms with Crippen LogP contribution in [0.5, 0.6) is 0 Å². The van der Waals surface area contributed by atoms with Crippen molar-refractivity contribution in [1.29, 1.82) is 0 Å². The van der Waals surface area contributed by atoms with Crippen molar-refractivity contribution in [3.05, 3.63) is 74.4 Å². The van der Waals surface area contributed by atoms with Crippen LogP contribution in [0.15, 0.2) is 57.4 Å². The summed E-state index contributed by atoms with van der Waals surface area (Å²) in [5, 5.41) is 3.87. The molecule has 0 aliphatic rings. The van der Waals surface area contributed by atoms with Crippen LogP contribution in [0.1, 0.15) is 11.3 Å². The molecule has 0 aliphatic heterocycles. The van der Waals surface area contributed by atoms with Gasteiger partial charge in [-0.2, -0.15) is 0 Å². The predicted molar refractivity (Wildman–Crippen MR) is 115 cm³/mol. The number of rotatable bonds is 4. The van der Waals surface area contributed by atoms with Gasteiger partial charge in [-0.05, 0) is 77.0 Å². The Labute approximate surface area is 175 Å². The van der Waals surface area contributed by atoms with Gasteiger partial charge in [0.2, 0.25) is 5.91 Å². The van der Waals surface area contributed by atoms with Crippen molar-refractivity contribution in [2.75, 3.05) is 11.1 Å². The lowest BCUT2D eigenvalue weighted by Crippen LogP contribution is -2.09. The monoisotopic (exact) mass is 464 g/mol. The minimum absolute atomic E-state index is 0.286. The highest BCUT2D eigenvalue weighted by Gasteiger charge is 2.10. The normalized spacial score (nSPS) is 11.1. The van der Waals surface area contributed by atoms with Crippen LogP contribution in [0.25, 0.3) is 17.4 Å². The Morgan fingerprint density at radius 2 is 1.96 bits per heavy atom. The molecule has 3 N–H and O–H groups in total. The zero-order chi connectivity index (χ0) is 19.6. The smallest absolute Gasteiger partial charge is 0.248 e. The first-order valence-electron chi connectivity index (χ1n) is 7.93. The summed E-state index contributed by atoms with van der Waals surface area (Å²) in [4.78, 5) is 12.2. The van der Waals surface area contributed by atoms with E-state index in [2.05, 4.69) is 21.2 Å². The largest absolute Gasteiger partial charge is 0.457 e.